The van der Waals surface area contributed by atoms with Crippen LogP contribution >= 0.6 is 0 Å². The fourth-order valence-corrected chi connectivity index (χ4v) is 1.57. The Morgan fingerprint density at radius 2 is 2.11 bits per heavy atom. The highest BCUT2D eigenvalue weighted by molar-refractivity contribution is 5.66. The van der Waals surface area contributed by atoms with Crippen LogP contribution in [0.2, 0.25) is 0 Å². The molecule has 1 N–H and O–H groups in total. The topological polar surface area (TPSA) is 76.2 Å². The molecule has 18 heavy (non-hydrogen) atoms. The lowest BCUT2D eigenvalue weighted by molar-refractivity contribution is -0.137. The molecule has 0 fully saturated rings. The van der Waals surface area contributed by atoms with Crippen molar-refractivity contribution in [1.29, 1.82) is 0 Å². The predicted molar refractivity (Wildman–Crippen MR) is 65.2 cm³/mol. The van der Waals surface area contributed by atoms with Gasteiger partial charge < -0.3 is 9.63 Å². The average Bonchev–Trinajstić information content (AvgIpc) is 2.79. The number of aromatic nitrogens is 2. The highest BCUT2D eigenvalue weighted by atomic mass is 16.5. The lowest BCUT2D eigenvalue weighted by atomic mass is 10.1. The first-order valence-electron chi connectivity index (χ1n) is 5.68. The first-order chi connectivity index (χ1) is 8.56. The van der Waals surface area contributed by atoms with Crippen molar-refractivity contribution in [3.05, 3.63) is 35.2 Å². The van der Waals surface area contributed by atoms with E-state index in [4.69, 9.17) is 9.63 Å². The second kappa shape index (κ2) is 5.00. The number of rotatable bonds is 4. The van der Waals surface area contributed by atoms with Gasteiger partial charge in [-0.2, -0.15) is 4.98 Å². The van der Waals surface area contributed by atoms with Gasteiger partial charge in [0.05, 0.1) is 6.42 Å². The minimum absolute atomic E-state index is 0.00585. The molecule has 0 bridgehead atoms. The maximum atomic E-state index is 10.4. The highest BCUT2D eigenvalue weighted by Crippen LogP contribution is 2.20. The second-order valence-electron chi connectivity index (χ2n) is 4.21. The second-order valence-corrected chi connectivity index (χ2v) is 4.21. The number of aliphatic carboxylic acids is 1. The zero-order valence-electron chi connectivity index (χ0n) is 10.3. The maximum Gasteiger partial charge on any atom is 0.303 e. The summed E-state index contributed by atoms with van der Waals surface area (Å²) in [4.78, 5) is 14.6. The number of carboxylic acids is 1. The summed E-state index contributed by atoms with van der Waals surface area (Å²) in [7, 11) is 0. The number of hydrogen-bond acceptors (Lipinski definition) is 4. The van der Waals surface area contributed by atoms with Crippen LogP contribution in [-0.4, -0.2) is 21.2 Å². The van der Waals surface area contributed by atoms with Crippen LogP contribution in [0.3, 0.4) is 0 Å². The molecule has 0 aliphatic rings. The molecule has 1 heterocycles. The fourth-order valence-electron chi connectivity index (χ4n) is 1.57. The summed E-state index contributed by atoms with van der Waals surface area (Å²) in [5.41, 5.74) is 3.20. The predicted octanol–water partition coefficient (Wildman–Crippen LogP) is 2.37. The third kappa shape index (κ3) is 2.74. The molecule has 2 rings (SSSR count). The molecule has 0 spiro atoms. The maximum absolute atomic E-state index is 10.4. The number of aryl methyl sites for hydroxylation is 3. The van der Waals surface area contributed by atoms with Crippen molar-refractivity contribution < 1.29 is 14.4 Å². The van der Waals surface area contributed by atoms with Crippen LogP contribution in [0.5, 0.6) is 0 Å². The van der Waals surface area contributed by atoms with Gasteiger partial charge in [-0.1, -0.05) is 11.2 Å². The molecule has 0 amide bonds. The van der Waals surface area contributed by atoms with E-state index in [1.807, 2.05) is 32.0 Å². The number of carbonyl (C=O) groups is 1. The number of nitrogens with zero attached hydrogens (tertiary/aromatic N) is 2. The van der Waals surface area contributed by atoms with Crippen molar-refractivity contribution in [2.75, 3.05) is 0 Å². The SMILES string of the molecule is Cc1ccc(-c2nc(CCC(=O)O)no2)cc1C. The Morgan fingerprint density at radius 3 is 2.78 bits per heavy atom. The van der Waals surface area contributed by atoms with Gasteiger partial charge >= 0.3 is 5.97 Å². The summed E-state index contributed by atoms with van der Waals surface area (Å²) in [6, 6.07) is 5.88. The fraction of sp³-hybridized carbons (Fsp3) is 0.308. The molecule has 0 saturated carbocycles. The van der Waals surface area contributed by atoms with Crippen molar-refractivity contribution in [1.82, 2.24) is 10.1 Å². The van der Waals surface area contributed by atoms with Crippen LogP contribution < -0.4 is 0 Å². The first kappa shape index (κ1) is 12.3. The minimum Gasteiger partial charge on any atom is -0.481 e. The Bertz CT molecular complexity index is 575. The van der Waals surface area contributed by atoms with E-state index >= 15 is 0 Å². The molecular formula is C13H14N2O3. The van der Waals surface area contributed by atoms with Crippen molar-refractivity contribution >= 4 is 5.97 Å². The van der Waals surface area contributed by atoms with Gasteiger partial charge in [-0.15, -0.1) is 0 Å². The summed E-state index contributed by atoms with van der Waals surface area (Å²) >= 11 is 0. The number of carboxylic acid groups (broad SMARTS) is 1. The average molecular weight is 246 g/mol. The molecule has 0 radical (unpaired) electrons. The lowest BCUT2D eigenvalue weighted by Crippen LogP contribution is -1.98. The molecule has 5 nitrogen and oxygen atoms in total. The molecule has 0 saturated heterocycles. The molecule has 0 atom stereocenters. The lowest BCUT2D eigenvalue weighted by Gasteiger charge is -2.00. The van der Waals surface area contributed by atoms with E-state index < -0.39 is 5.97 Å². The third-order valence-corrected chi connectivity index (χ3v) is 2.78. The Morgan fingerprint density at radius 1 is 1.33 bits per heavy atom. The van der Waals surface area contributed by atoms with E-state index in [0.717, 1.165) is 11.1 Å². The van der Waals surface area contributed by atoms with E-state index in [1.54, 1.807) is 0 Å². The monoisotopic (exact) mass is 246 g/mol. The Kier molecular flexibility index (Phi) is 3.41. The molecule has 0 aliphatic heterocycles. The van der Waals surface area contributed by atoms with Gasteiger partial charge in [0.15, 0.2) is 5.82 Å². The molecule has 2 aromatic rings. The van der Waals surface area contributed by atoms with Crippen LogP contribution in [0.25, 0.3) is 11.5 Å². The van der Waals surface area contributed by atoms with E-state index in [-0.39, 0.29) is 12.8 Å². The smallest absolute Gasteiger partial charge is 0.303 e. The van der Waals surface area contributed by atoms with E-state index in [2.05, 4.69) is 10.1 Å². The first-order valence-corrected chi connectivity index (χ1v) is 5.68. The number of hydrogen-bond donors (Lipinski definition) is 1. The van der Waals surface area contributed by atoms with Crippen molar-refractivity contribution in [2.24, 2.45) is 0 Å². The van der Waals surface area contributed by atoms with E-state index in [1.165, 1.54) is 5.56 Å². The normalized spacial score (nSPS) is 10.6. The van der Waals surface area contributed by atoms with Gasteiger partial charge in [-0.05, 0) is 37.1 Å². The molecular weight excluding hydrogens is 232 g/mol. The summed E-state index contributed by atoms with van der Waals surface area (Å²) < 4.78 is 5.12. The zero-order valence-corrected chi connectivity index (χ0v) is 10.3. The molecule has 0 aliphatic carbocycles. The zero-order chi connectivity index (χ0) is 13.1. The van der Waals surface area contributed by atoms with E-state index in [0.29, 0.717) is 11.7 Å². The molecule has 1 aromatic carbocycles. The highest BCUT2D eigenvalue weighted by Gasteiger charge is 2.10. The van der Waals surface area contributed by atoms with Gasteiger partial charge in [-0.25, -0.2) is 0 Å². The standard InChI is InChI=1S/C13H14N2O3/c1-8-3-4-10(7-9(8)2)13-14-11(15-18-13)5-6-12(16)17/h3-4,7H,5-6H2,1-2H3,(H,16,17). The molecule has 1 aromatic heterocycles. The summed E-state index contributed by atoms with van der Waals surface area (Å²) in [6.07, 6.45) is 0.287. The van der Waals surface area contributed by atoms with Gasteiger partial charge in [0.25, 0.3) is 5.89 Å². The molecule has 94 valence electrons. The minimum atomic E-state index is -0.868. The van der Waals surface area contributed by atoms with Crippen molar-refractivity contribution in [2.45, 2.75) is 26.7 Å². The number of benzene rings is 1. The van der Waals surface area contributed by atoms with Gasteiger partial charge in [0.1, 0.15) is 0 Å². The van der Waals surface area contributed by atoms with Crippen LogP contribution in [0.1, 0.15) is 23.4 Å². The van der Waals surface area contributed by atoms with Crippen LogP contribution in [0.4, 0.5) is 0 Å². The quantitative estimate of drug-likeness (QED) is 0.896. The van der Waals surface area contributed by atoms with Crippen molar-refractivity contribution in [3.63, 3.8) is 0 Å². The van der Waals surface area contributed by atoms with Crippen LogP contribution in [0, 0.1) is 13.8 Å². The third-order valence-electron chi connectivity index (χ3n) is 2.78. The van der Waals surface area contributed by atoms with Crippen LogP contribution in [0.15, 0.2) is 22.7 Å². The van der Waals surface area contributed by atoms with E-state index in [9.17, 15) is 4.79 Å². The van der Waals surface area contributed by atoms with Gasteiger partial charge in [0, 0.05) is 12.0 Å². The van der Waals surface area contributed by atoms with Crippen LogP contribution in [-0.2, 0) is 11.2 Å². The summed E-state index contributed by atoms with van der Waals surface area (Å²) in [5.74, 6) is -0.0170. The Hall–Kier alpha value is -2.17. The van der Waals surface area contributed by atoms with Crippen molar-refractivity contribution in [3.8, 4) is 11.5 Å². The molecule has 0 unspecified atom stereocenters. The summed E-state index contributed by atoms with van der Waals surface area (Å²) in [6.45, 7) is 4.05. The van der Waals surface area contributed by atoms with Gasteiger partial charge in [-0.3, -0.25) is 4.79 Å². The summed E-state index contributed by atoms with van der Waals surface area (Å²) in [5, 5.41) is 12.3. The largest absolute Gasteiger partial charge is 0.481 e. The molecule has 5 heteroatoms. The Balaban J connectivity index is 2.18. The Labute approximate surface area is 104 Å². The van der Waals surface area contributed by atoms with Gasteiger partial charge in [0.2, 0.25) is 0 Å².